The van der Waals surface area contributed by atoms with Crippen LogP contribution in [-0.2, 0) is 14.8 Å². The van der Waals surface area contributed by atoms with Crippen molar-refractivity contribution in [2.45, 2.75) is 17.9 Å². The average Bonchev–Trinajstić information content (AvgIpc) is 2.49. The van der Waals surface area contributed by atoms with E-state index in [0.29, 0.717) is 4.31 Å². The summed E-state index contributed by atoms with van der Waals surface area (Å²) in [5.74, 6) is -1.45. The topological polar surface area (TPSA) is 54.5 Å². The molecular formula is C15H12ClF2NO3S. The molecule has 0 aliphatic carbocycles. The van der Waals surface area contributed by atoms with Gasteiger partial charge in [0.1, 0.15) is 17.7 Å². The summed E-state index contributed by atoms with van der Waals surface area (Å²) in [7, 11) is -4.32. The third kappa shape index (κ3) is 3.51. The number of rotatable bonds is 5. The van der Waals surface area contributed by atoms with E-state index in [1.807, 2.05) is 0 Å². The van der Waals surface area contributed by atoms with Crippen LogP contribution in [0.4, 0.5) is 14.5 Å². The van der Waals surface area contributed by atoms with Crippen molar-refractivity contribution >= 4 is 32.6 Å². The maximum atomic E-state index is 14.1. The first-order valence-corrected chi connectivity index (χ1v) is 8.31. The van der Waals surface area contributed by atoms with Crippen LogP contribution in [0.1, 0.15) is 6.92 Å². The number of anilines is 1. The molecule has 0 spiro atoms. The molecule has 0 amide bonds. The van der Waals surface area contributed by atoms with Crippen LogP contribution in [0, 0.1) is 11.6 Å². The van der Waals surface area contributed by atoms with E-state index in [1.165, 1.54) is 25.1 Å². The fourth-order valence-electron chi connectivity index (χ4n) is 1.99. The van der Waals surface area contributed by atoms with Crippen LogP contribution in [0.15, 0.2) is 53.4 Å². The van der Waals surface area contributed by atoms with Gasteiger partial charge < -0.3 is 0 Å². The molecule has 0 aliphatic heterocycles. The zero-order valence-corrected chi connectivity index (χ0v) is 13.5. The summed E-state index contributed by atoms with van der Waals surface area (Å²) in [5.41, 5.74) is -0.321. The zero-order valence-electron chi connectivity index (χ0n) is 11.9. The van der Waals surface area contributed by atoms with Crippen molar-refractivity contribution < 1.29 is 22.0 Å². The number of nitrogens with zero attached hydrogens (tertiary/aromatic N) is 1. The Kier molecular flexibility index (Phi) is 5.01. The third-order valence-electron chi connectivity index (χ3n) is 3.14. The molecule has 0 bridgehead atoms. The van der Waals surface area contributed by atoms with Crippen LogP contribution in [0.25, 0.3) is 0 Å². The molecule has 0 heterocycles. The number of carbonyl (C=O) groups is 1. The Hall–Kier alpha value is -1.99. The van der Waals surface area contributed by atoms with Crippen molar-refractivity contribution in [1.29, 1.82) is 0 Å². The standard InChI is InChI=1S/C15H12ClF2NO3S/c1-10(15(16)20)19(14-5-3-2-4-13(14)18)23(21,22)12-8-6-11(17)7-9-12/h2-10H,1H3. The lowest BCUT2D eigenvalue weighted by atomic mass is 10.2. The normalized spacial score (nSPS) is 12.7. The van der Waals surface area contributed by atoms with Crippen molar-refractivity contribution in [3.05, 3.63) is 60.2 Å². The highest BCUT2D eigenvalue weighted by atomic mass is 35.5. The lowest BCUT2D eigenvalue weighted by Gasteiger charge is -2.28. The highest BCUT2D eigenvalue weighted by Crippen LogP contribution is 2.29. The van der Waals surface area contributed by atoms with Gasteiger partial charge in [-0.05, 0) is 54.9 Å². The molecule has 0 N–H and O–H groups in total. The van der Waals surface area contributed by atoms with Crippen molar-refractivity contribution in [3.8, 4) is 0 Å². The van der Waals surface area contributed by atoms with Crippen LogP contribution in [0.2, 0.25) is 0 Å². The van der Waals surface area contributed by atoms with Crippen LogP contribution in [0.5, 0.6) is 0 Å². The molecule has 0 radical (unpaired) electrons. The van der Waals surface area contributed by atoms with Gasteiger partial charge in [0.25, 0.3) is 10.0 Å². The first kappa shape index (κ1) is 17.4. The molecular weight excluding hydrogens is 348 g/mol. The summed E-state index contributed by atoms with van der Waals surface area (Å²) >= 11 is 5.42. The molecule has 23 heavy (non-hydrogen) atoms. The molecule has 1 atom stereocenters. The zero-order chi connectivity index (χ0) is 17.2. The van der Waals surface area contributed by atoms with Crippen LogP contribution in [-0.4, -0.2) is 19.7 Å². The first-order valence-electron chi connectivity index (χ1n) is 6.49. The molecule has 2 rings (SSSR count). The van der Waals surface area contributed by atoms with Gasteiger partial charge in [-0.15, -0.1) is 0 Å². The molecule has 0 aliphatic rings. The molecule has 2 aromatic carbocycles. The van der Waals surface area contributed by atoms with Gasteiger partial charge in [-0.3, -0.25) is 9.10 Å². The highest BCUT2D eigenvalue weighted by molar-refractivity contribution is 7.93. The predicted octanol–water partition coefficient (Wildman–Crippen LogP) is 3.31. The Labute approximate surface area is 137 Å². The van der Waals surface area contributed by atoms with E-state index in [1.54, 1.807) is 0 Å². The van der Waals surface area contributed by atoms with E-state index >= 15 is 0 Å². The van der Waals surface area contributed by atoms with Gasteiger partial charge in [0.2, 0.25) is 5.24 Å². The Morgan fingerprint density at radius 2 is 1.65 bits per heavy atom. The molecule has 2 aromatic rings. The molecule has 0 saturated heterocycles. The lowest BCUT2D eigenvalue weighted by Crippen LogP contribution is -2.42. The Bertz CT molecular complexity index is 825. The average molecular weight is 360 g/mol. The summed E-state index contributed by atoms with van der Waals surface area (Å²) < 4.78 is 53.2. The largest absolute Gasteiger partial charge is 0.279 e. The minimum Gasteiger partial charge on any atom is -0.279 e. The van der Waals surface area contributed by atoms with Crippen molar-refractivity contribution in [2.24, 2.45) is 0 Å². The van der Waals surface area contributed by atoms with E-state index in [0.717, 1.165) is 30.3 Å². The molecule has 4 nitrogen and oxygen atoms in total. The number of carbonyl (C=O) groups excluding carboxylic acids is 1. The second kappa shape index (κ2) is 6.64. The van der Waals surface area contributed by atoms with E-state index in [-0.39, 0.29) is 10.6 Å². The minimum atomic E-state index is -4.32. The van der Waals surface area contributed by atoms with Gasteiger partial charge >= 0.3 is 0 Å². The number of para-hydroxylation sites is 1. The van der Waals surface area contributed by atoms with Gasteiger partial charge in [-0.25, -0.2) is 17.2 Å². The van der Waals surface area contributed by atoms with E-state index in [9.17, 15) is 22.0 Å². The van der Waals surface area contributed by atoms with Gasteiger partial charge in [-0.2, -0.15) is 0 Å². The maximum absolute atomic E-state index is 14.1. The monoisotopic (exact) mass is 359 g/mol. The number of hydrogen-bond acceptors (Lipinski definition) is 3. The molecule has 8 heteroatoms. The summed E-state index contributed by atoms with van der Waals surface area (Å²) in [6, 6.07) is 7.73. The Morgan fingerprint density at radius 3 is 2.17 bits per heavy atom. The van der Waals surface area contributed by atoms with Crippen molar-refractivity contribution in [3.63, 3.8) is 0 Å². The van der Waals surface area contributed by atoms with Gasteiger partial charge in [0, 0.05) is 0 Å². The second-order valence-corrected chi connectivity index (χ2v) is 6.87. The lowest BCUT2D eigenvalue weighted by molar-refractivity contribution is -0.112. The van der Waals surface area contributed by atoms with Crippen LogP contribution >= 0.6 is 11.6 Å². The molecule has 0 fully saturated rings. The Morgan fingerprint density at radius 1 is 1.09 bits per heavy atom. The number of sulfonamides is 1. The van der Waals surface area contributed by atoms with Gasteiger partial charge in [0.05, 0.1) is 10.6 Å². The first-order chi connectivity index (χ1) is 10.7. The van der Waals surface area contributed by atoms with Gasteiger partial charge in [0.15, 0.2) is 0 Å². The fourth-order valence-corrected chi connectivity index (χ4v) is 3.77. The van der Waals surface area contributed by atoms with Crippen molar-refractivity contribution in [2.75, 3.05) is 4.31 Å². The van der Waals surface area contributed by atoms with E-state index < -0.39 is 32.9 Å². The predicted molar refractivity (Wildman–Crippen MR) is 82.8 cm³/mol. The third-order valence-corrected chi connectivity index (χ3v) is 5.36. The quantitative estimate of drug-likeness (QED) is 0.769. The summed E-state index contributed by atoms with van der Waals surface area (Å²) in [5, 5.41) is -0.973. The summed E-state index contributed by atoms with van der Waals surface area (Å²) in [4.78, 5) is 11.2. The Balaban J connectivity index is 2.64. The highest BCUT2D eigenvalue weighted by Gasteiger charge is 2.34. The second-order valence-electron chi connectivity index (χ2n) is 4.69. The van der Waals surface area contributed by atoms with Crippen LogP contribution < -0.4 is 4.31 Å². The van der Waals surface area contributed by atoms with Crippen molar-refractivity contribution in [1.82, 2.24) is 0 Å². The minimum absolute atomic E-state index is 0.285. The van der Waals surface area contributed by atoms with Crippen LogP contribution in [0.3, 0.4) is 0 Å². The molecule has 122 valence electrons. The number of benzene rings is 2. The SMILES string of the molecule is CC(C(=O)Cl)N(c1ccccc1F)S(=O)(=O)c1ccc(F)cc1. The molecule has 0 aromatic heterocycles. The van der Waals surface area contributed by atoms with E-state index in [4.69, 9.17) is 11.6 Å². The van der Waals surface area contributed by atoms with E-state index in [2.05, 4.69) is 0 Å². The fraction of sp³-hybridized carbons (Fsp3) is 0.133. The summed E-state index contributed by atoms with van der Waals surface area (Å²) in [6.07, 6.45) is 0. The number of hydrogen-bond donors (Lipinski definition) is 0. The molecule has 0 saturated carbocycles. The maximum Gasteiger partial charge on any atom is 0.265 e. The molecule has 1 unspecified atom stereocenters. The summed E-state index contributed by atoms with van der Waals surface area (Å²) in [6.45, 7) is 1.24. The smallest absolute Gasteiger partial charge is 0.265 e. The van der Waals surface area contributed by atoms with Gasteiger partial charge in [-0.1, -0.05) is 12.1 Å². The number of halogens is 3.